The zero-order chi connectivity index (χ0) is 10.1. The van der Waals surface area contributed by atoms with Crippen molar-refractivity contribution in [3.63, 3.8) is 0 Å². The van der Waals surface area contributed by atoms with Gasteiger partial charge in [0.25, 0.3) is 0 Å². The predicted octanol–water partition coefficient (Wildman–Crippen LogP) is 2.04. The first-order valence-corrected chi connectivity index (χ1v) is 4.84. The van der Waals surface area contributed by atoms with E-state index in [-0.39, 0.29) is 17.8 Å². The molecule has 0 bridgehead atoms. The Morgan fingerprint density at radius 1 is 1.64 bits per heavy atom. The Labute approximate surface area is 82.9 Å². The van der Waals surface area contributed by atoms with Gasteiger partial charge in [-0.2, -0.15) is 0 Å². The van der Waals surface area contributed by atoms with E-state index >= 15 is 0 Å². The van der Waals surface area contributed by atoms with Crippen LogP contribution in [0.3, 0.4) is 0 Å². The fraction of sp³-hybridized carbons (Fsp3) is 0.455. The Kier molecular flexibility index (Phi) is 2.42. The first-order valence-electron chi connectivity index (χ1n) is 4.84. The van der Waals surface area contributed by atoms with Crippen LogP contribution < -0.4 is 10.5 Å². The lowest BCUT2D eigenvalue weighted by molar-refractivity contribution is 0.320. The molecule has 1 aromatic rings. The number of benzene rings is 1. The van der Waals surface area contributed by atoms with Gasteiger partial charge in [-0.25, -0.2) is 4.39 Å². The van der Waals surface area contributed by atoms with Crippen LogP contribution in [0.4, 0.5) is 4.39 Å². The SMILES string of the molecule is CC(N)CC1COc2ccc(F)cc21. The van der Waals surface area contributed by atoms with Gasteiger partial charge in [0, 0.05) is 17.5 Å². The van der Waals surface area contributed by atoms with Gasteiger partial charge < -0.3 is 10.5 Å². The fourth-order valence-corrected chi connectivity index (χ4v) is 1.89. The number of halogens is 1. The maximum Gasteiger partial charge on any atom is 0.123 e. The normalized spacial score (nSPS) is 21.5. The van der Waals surface area contributed by atoms with E-state index in [1.54, 1.807) is 12.1 Å². The fourth-order valence-electron chi connectivity index (χ4n) is 1.89. The third kappa shape index (κ3) is 1.73. The number of hydrogen-bond donors (Lipinski definition) is 1. The zero-order valence-corrected chi connectivity index (χ0v) is 8.16. The minimum Gasteiger partial charge on any atom is -0.493 e. The number of hydrogen-bond acceptors (Lipinski definition) is 2. The van der Waals surface area contributed by atoms with E-state index in [9.17, 15) is 4.39 Å². The predicted molar refractivity (Wildman–Crippen MR) is 52.9 cm³/mol. The molecule has 1 heterocycles. The van der Waals surface area contributed by atoms with Gasteiger partial charge in [0.05, 0.1) is 6.61 Å². The van der Waals surface area contributed by atoms with E-state index < -0.39 is 0 Å². The van der Waals surface area contributed by atoms with E-state index in [1.807, 2.05) is 6.92 Å². The Balaban J connectivity index is 2.24. The molecule has 3 heteroatoms. The molecular formula is C11H14FNO. The molecule has 0 radical (unpaired) electrons. The van der Waals surface area contributed by atoms with Crippen molar-refractivity contribution in [1.29, 1.82) is 0 Å². The van der Waals surface area contributed by atoms with Crippen LogP contribution in [-0.4, -0.2) is 12.6 Å². The van der Waals surface area contributed by atoms with Crippen molar-refractivity contribution in [1.82, 2.24) is 0 Å². The number of nitrogens with two attached hydrogens (primary N) is 1. The maximum atomic E-state index is 13.0. The van der Waals surface area contributed by atoms with Crippen LogP contribution in [0.15, 0.2) is 18.2 Å². The second-order valence-electron chi connectivity index (χ2n) is 3.90. The summed E-state index contributed by atoms with van der Waals surface area (Å²) in [5.41, 5.74) is 6.68. The Morgan fingerprint density at radius 3 is 3.14 bits per heavy atom. The Bertz CT molecular complexity index is 338. The molecule has 0 spiro atoms. The highest BCUT2D eigenvalue weighted by Gasteiger charge is 2.25. The van der Waals surface area contributed by atoms with Crippen molar-refractivity contribution in [3.8, 4) is 5.75 Å². The molecule has 0 saturated heterocycles. The molecule has 1 aliphatic heterocycles. The van der Waals surface area contributed by atoms with Crippen LogP contribution in [0.1, 0.15) is 24.8 Å². The average molecular weight is 195 g/mol. The monoisotopic (exact) mass is 195 g/mol. The number of fused-ring (bicyclic) bond motifs is 1. The molecule has 0 amide bonds. The van der Waals surface area contributed by atoms with E-state index in [2.05, 4.69) is 0 Å². The molecule has 2 rings (SSSR count). The highest BCUT2D eigenvalue weighted by molar-refractivity contribution is 5.40. The van der Waals surface area contributed by atoms with Crippen molar-refractivity contribution >= 4 is 0 Å². The van der Waals surface area contributed by atoms with E-state index in [0.717, 1.165) is 17.7 Å². The third-order valence-electron chi connectivity index (χ3n) is 2.51. The standard InChI is InChI=1S/C11H14FNO/c1-7(13)4-8-6-14-11-3-2-9(12)5-10(8)11/h2-3,5,7-8H,4,6,13H2,1H3. The largest absolute Gasteiger partial charge is 0.493 e. The average Bonchev–Trinajstić information content (AvgIpc) is 2.47. The molecule has 2 unspecified atom stereocenters. The van der Waals surface area contributed by atoms with Crippen molar-refractivity contribution in [2.24, 2.45) is 5.73 Å². The van der Waals surface area contributed by atoms with Crippen LogP contribution in [0.2, 0.25) is 0 Å². The van der Waals surface area contributed by atoms with E-state index in [0.29, 0.717) is 6.61 Å². The lowest BCUT2D eigenvalue weighted by atomic mass is 9.95. The molecule has 2 nitrogen and oxygen atoms in total. The molecule has 2 atom stereocenters. The van der Waals surface area contributed by atoms with Crippen molar-refractivity contribution in [2.45, 2.75) is 25.3 Å². The Hall–Kier alpha value is -1.09. The molecule has 0 fully saturated rings. The molecule has 14 heavy (non-hydrogen) atoms. The second-order valence-corrected chi connectivity index (χ2v) is 3.90. The Morgan fingerprint density at radius 2 is 2.43 bits per heavy atom. The van der Waals surface area contributed by atoms with Gasteiger partial charge in [0.15, 0.2) is 0 Å². The van der Waals surface area contributed by atoms with Crippen LogP contribution in [0.5, 0.6) is 5.75 Å². The minimum atomic E-state index is -0.205. The number of ether oxygens (including phenoxy) is 1. The molecule has 0 aromatic heterocycles. The summed E-state index contributed by atoms with van der Waals surface area (Å²) in [6, 6.07) is 4.78. The third-order valence-corrected chi connectivity index (χ3v) is 2.51. The summed E-state index contributed by atoms with van der Waals surface area (Å²) in [5, 5.41) is 0. The van der Waals surface area contributed by atoms with Crippen molar-refractivity contribution < 1.29 is 9.13 Å². The summed E-state index contributed by atoms with van der Waals surface area (Å²) in [4.78, 5) is 0. The summed E-state index contributed by atoms with van der Waals surface area (Å²) in [6.07, 6.45) is 0.844. The topological polar surface area (TPSA) is 35.2 Å². The van der Waals surface area contributed by atoms with E-state index in [4.69, 9.17) is 10.5 Å². The lowest BCUT2D eigenvalue weighted by Gasteiger charge is -2.11. The van der Waals surface area contributed by atoms with Gasteiger partial charge in [-0.3, -0.25) is 0 Å². The minimum absolute atomic E-state index is 0.123. The van der Waals surface area contributed by atoms with Gasteiger partial charge >= 0.3 is 0 Å². The summed E-state index contributed by atoms with van der Waals surface area (Å²) in [5.74, 6) is 0.849. The van der Waals surface area contributed by atoms with Gasteiger partial charge in [0.1, 0.15) is 11.6 Å². The van der Waals surface area contributed by atoms with Crippen molar-refractivity contribution in [3.05, 3.63) is 29.6 Å². The first-order chi connectivity index (χ1) is 6.66. The molecular weight excluding hydrogens is 181 g/mol. The highest BCUT2D eigenvalue weighted by atomic mass is 19.1. The van der Waals surface area contributed by atoms with Gasteiger partial charge in [-0.15, -0.1) is 0 Å². The molecule has 1 aromatic carbocycles. The zero-order valence-electron chi connectivity index (χ0n) is 8.16. The maximum absolute atomic E-state index is 13.0. The van der Waals surface area contributed by atoms with Gasteiger partial charge in [0.2, 0.25) is 0 Å². The van der Waals surface area contributed by atoms with Gasteiger partial charge in [-0.1, -0.05) is 0 Å². The molecule has 0 saturated carbocycles. The van der Waals surface area contributed by atoms with Crippen LogP contribution in [0.25, 0.3) is 0 Å². The first kappa shape index (κ1) is 9.46. The summed E-state index contributed by atoms with van der Waals surface area (Å²) < 4.78 is 18.4. The summed E-state index contributed by atoms with van der Waals surface area (Å²) in [7, 11) is 0. The quantitative estimate of drug-likeness (QED) is 0.783. The number of rotatable bonds is 2. The summed E-state index contributed by atoms with van der Waals surface area (Å²) >= 11 is 0. The molecule has 2 N–H and O–H groups in total. The van der Waals surface area contributed by atoms with Crippen LogP contribution >= 0.6 is 0 Å². The molecule has 76 valence electrons. The van der Waals surface area contributed by atoms with E-state index in [1.165, 1.54) is 6.07 Å². The van der Waals surface area contributed by atoms with Crippen LogP contribution in [0, 0.1) is 5.82 Å². The second kappa shape index (κ2) is 3.58. The molecule has 1 aliphatic rings. The van der Waals surface area contributed by atoms with Gasteiger partial charge in [-0.05, 0) is 31.5 Å². The van der Waals surface area contributed by atoms with Crippen molar-refractivity contribution in [2.75, 3.05) is 6.61 Å². The summed E-state index contributed by atoms with van der Waals surface area (Å²) in [6.45, 7) is 2.58. The van der Waals surface area contributed by atoms with Crippen LogP contribution in [-0.2, 0) is 0 Å². The highest BCUT2D eigenvalue weighted by Crippen LogP contribution is 2.36. The lowest BCUT2D eigenvalue weighted by Crippen LogP contribution is -2.19. The smallest absolute Gasteiger partial charge is 0.123 e. The molecule has 0 aliphatic carbocycles.